The minimum absolute atomic E-state index is 0.414. The Morgan fingerprint density at radius 3 is 2.62 bits per heavy atom. The molecule has 0 saturated carbocycles. The number of likely N-dealkylation sites (tertiary alicyclic amines) is 1. The number of likely N-dealkylation sites (N-methyl/N-ethyl adjacent to an activating group) is 1. The Morgan fingerprint density at radius 1 is 1.08 bits per heavy atom. The van der Waals surface area contributed by atoms with Gasteiger partial charge in [-0.1, -0.05) is 48.5 Å². The Kier molecular flexibility index (Phi) is 5.89. The SMILES string of the molecule is CN(CCc1ccccc1)C1CCCN(Cc2ccccc2O)C1. The molecule has 3 heteroatoms. The molecule has 0 spiro atoms. The second-order valence-corrected chi connectivity index (χ2v) is 6.88. The van der Waals surface area contributed by atoms with E-state index >= 15 is 0 Å². The maximum Gasteiger partial charge on any atom is 0.120 e. The van der Waals surface area contributed by atoms with Gasteiger partial charge in [-0.15, -0.1) is 0 Å². The fourth-order valence-electron chi connectivity index (χ4n) is 3.55. The Morgan fingerprint density at radius 2 is 1.83 bits per heavy atom. The van der Waals surface area contributed by atoms with Crippen LogP contribution in [0.5, 0.6) is 5.75 Å². The van der Waals surface area contributed by atoms with Gasteiger partial charge >= 0.3 is 0 Å². The molecule has 1 unspecified atom stereocenters. The molecule has 0 amide bonds. The molecule has 0 aromatic heterocycles. The molecule has 1 heterocycles. The number of phenols is 1. The van der Waals surface area contributed by atoms with Gasteiger partial charge in [0, 0.05) is 31.2 Å². The smallest absolute Gasteiger partial charge is 0.120 e. The quantitative estimate of drug-likeness (QED) is 0.880. The summed E-state index contributed by atoms with van der Waals surface area (Å²) < 4.78 is 0. The Labute approximate surface area is 145 Å². The number of hydrogen-bond acceptors (Lipinski definition) is 3. The fourth-order valence-corrected chi connectivity index (χ4v) is 3.55. The molecule has 1 aliphatic rings. The molecule has 2 aromatic carbocycles. The van der Waals surface area contributed by atoms with Crippen molar-refractivity contribution in [1.29, 1.82) is 0 Å². The van der Waals surface area contributed by atoms with E-state index < -0.39 is 0 Å². The van der Waals surface area contributed by atoms with Gasteiger partial charge in [0.05, 0.1) is 0 Å². The number of piperidine rings is 1. The summed E-state index contributed by atoms with van der Waals surface area (Å²) in [6.07, 6.45) is 3.60. The highest BCUT2D eigenvalue weighted by atomic mass is 16.3. The van der Waals surface area contributed by atoms with Gasteiger partial charge in [0.1, 0.15) is 5.75 Å². The highest BCUT2D eigenvalue weighted by molar-refractivity contribution is 5.31. The lowest BCUT2D eigenvalue weighted by Crippen LogP contribution is -2.46. The predicted molar refractivity (Wildman–Crippen MR) is 99.2 cm³/mol. The average molecular weight is 324 g/mol. The van der Waals surface area contributed by atoms with Crippen molar-refractivity contribution in [2.24, 2.45) is 0 Å². The van der Waals surface area contributed by atoms with E-state index in [-0.39, 0.29) is 0 Å². The van der Waals surface area contributed by atoms with E-state index in [1.165, 1.54) is 18.4 Å². The zero-order chi connectivity index (χ0) is 16.8. The van der Waals surface area contributed by atoms with Crippen LogP contribution in [0.2, 0.25) is 0 Å². The Hall–Kier alpha value is -1.84. The van der Waals surface area contributed by atoms with Crippen LogP contribution < -0.4 is 0 Å². The van der Waals surface area contributed by atoms with Gasteiger partial charge in [-0.3, -0.25) is 4.90 Å². The second kappa shape index (κ2) is 8.32. The van der Waals surface area contributed by atoms with E-state index in [0.717, 1.165) is 38.2 Å². The molecule has 1 N–H and O–H groups in total. The third kappa shape index (κ3) is 4.59. The van der Waals surface area contributed by atoms with Crippen LogP contribution in [0, 0.1) is 0 Å². The van der Waals surface area contributed by atoms with Crippen LogP contribution in [0.3, 0.4) is 0 Å². The van der Waals surface area contributed by atoms with Gasteiger partial charge in [-0.25, -0.2) is 0 Å². The van der Waals surface area contributed by atoms with Crippen LogP contribution in [-0.2, 0) is 13.0 Å². The van der Waals surface area contributed by atoms with Crippen molar-refractivity contribution >= 4 is 0 Å². The molecule has 1 aliphatic heterocycles. The van der Waals surface area contributed by atoms with E-state index in [1.54, 1.807) is 6.07 Å². The molecule has 1 atom stereocenters. The number of phenolic OH excluding ortho intramolecular Hbond substituents is 1. The van der Waals surface area contributed by atoms with E-state index in [4.69, 9.17) is 0 Å². The van der Waals surface area contributed by atoms with E-state index in [1.807, 2.05) is 18.2 Å². The standard InChI is InChI=1S/C21H28N2O/c1-22(15-13-18-8-3-2-4-9-18)20-11-7-14-23(17-20)16-19-10-5-6-12-21(19)24/h2-6,8-10,12,20,24H,7,11,13-17H2,1H3. The first kappa shape index (κ1) is 17.0. The molecule has 0 bridgehead atoms. The van der Waals surface area contributed by atoms with Crippen molar-refractivity contribution in [2.45, 2.75) is 31.8 Å². The van der Waals surface area contributed by atoms with Crippen molar-refractivity contribution in [3.05, 3.63) is 65.7 Å². The van der Waals surface area contributed by atoms with Crippen LogP contribution in [0.4, 0.5) is 0 Å². The molecule has 1 saturated heterocycles. The zero-order valence-electron chi connectivity index (χ0n) is 14.6. The molecule has 3 rings (SSSR count). The maximum absolute atomic E-state index is 9.99. The third-order valence-electron chi connectivity index (χ3n) is 5.09. The van der Waals surface area contributed by atoms with Crippen LogP contribution in [0.1, 0.15) is 24.0 Å². The summed E-state index contributed by atoms with van der Waals surface area (Å²) in [4.78, 5) is 4.98. The third-order valence-corrected chi connectivity index (χ3v) is 5.09. The first-order valence-electron chi connectivity index (χ1n) is 8.96. The number of para-hydroxylation sites is 1. The van der Waals surface area contributed by atoms with Gasteiger partial charge in [0.15, 0.2) is 0 Å². The lowest BCUT2D eigenvalue weighted by molar-refractivity contribution is 0.112. The van der Waals surface area contributed by atoms with Crippen LogP contribution >= 0.6 is 0 Å². The highest BCUT2D eigenvalue weighted by Crippen LogP contribution is 2.22. The average Bonchev–Trinajstić information content (AvgIpc) is 2.63. The van der Waals surface area contributed by atoms with E-state index in [2.05, 4.69) is 47.2 Å². The molecule has 128 valence electrons. The molecule has 24 heavy (non-hydrogen) atoms. The maximum atomic E-state index is 9.99. The van der Waals surface area contributed by atoms with Crippen LogP contribution in [0.15, 0.2) is 54.6 Å². The minimum atomic E-state index is 0.414. The summed E-state index contributed by atoms with van der Waals surface area (Å²) in [5.41, 5.74) is 2.44. The first-order valence-corrected chi connectivity index (χ1v) is 8.96. The summed E-state index contributed by atoms with van der Waals surface area (Å²) in [6, 6.07) is 19.0. The Balaban J connectivity index is 1.52. The number of aromatic hydroxyl groups is 1. The van der Waals surface area contributed by atoms with Gasteiger partial charge in [-0.05, 0) is 44.5 Å². The molecular weight excluding hydrogens is 296 g/mol. The fraction of sp³-hybridized carbons (Fsp3) is 0.429. The largest absolute Gasteiger partial charge is 0.508 e. The summed E-state index contributed by atoms with van der Waals surface area (Å²) in [7, 11) is 2.25. The molecule has 1 fully saturated rings. The zero-order valence-corrected chi connectivity index (χ0v) is 14.6. The van der Waals surface area contributed by atoms with Gasteiger partial charge in [-0.2, -0.15) is 0 Å². The van der Waals surface area contributed by atoms with E-state index in [0.29, 0.717) is 11.8 Å². The summed E-state index contributed by atoms with van der Waals surface area (Å²) >= 11 is 0. The van der Waals surface area contributed by atoms with Crippen molar-refractivity contribution in [3.8, 4) is 5.75 Å². The van der Waals surface area contributed by atoms with Crippen LogP contribution in [0.25, 0.3) is 0 Å². The topological polar surface area (TPSA) is 26.7 Å². The summed E-state index contributed by atoms with van der Waals surface area (Å²) in [6.45, 7) is 4.14. The predicted octanol–water partition coefficient (Wildman–Crippen LogP) is 3.53. The lowest BCUT2D eigenvalue weighted by Gasteiger charge is -2.37. The summed E-state index contributed by atoms with van der Waals surface area (Å²) in [5.74, 6) is 0.414. The molecule has 0 aliphatic carbocycles. The number of nitrogens with zero attached hydrogens (tertiary/aromatic N) is 2. The number of rotatable bonds is 6. The van der Waals surface area contributed by atoms with Gasteiger partial charge in [0.25, 0.3) is 0 Å². The molecule has 2 aromatic rings. The molecular formula is C21H28N2O. The van der Waals surface area contributed by atoms with Gasteiger partial charge < -0.3 is 10.0 Å². The van der Waals surface area contributed by atoms with Gasteiger partial charge in [0.2, 0.25) is 0 Å². The normalized spacial score (nSPS) is 18.8. The monoisotopic (exact) mass is 324 g/mol. The molecule has 0 radical (unpaired) electrons. The molecule has 3 nitrogen and oxygen atoms in total. The second-order valence-electron chi connectivity index (χ2n) is 6.88. The summed E-state index contributed by atoms with van der Waals surface area (Å²) in [5, 5.41) is 9.99. The lowest BCUT2D eigenvalue weighted by atomic mass is 10.0. The van der Waals surface area contributed by atoms with E-state index in [9.17, 15) is 5.11 Å². The number of hydrogen-bond donors (Lipinski definition) is 1. The van der Waals surface area contributed by atoms with Crippen LogP contribution in [-0.4, -0.2) is 47.6 Å². The highest BCUT2D eigenvalue weighted by Gasteiger charge is 2.23. The van der Waals surface area contributed by atoms with Crippen molar-refractivity contribution < 1.29 is 5.11 Å². The number of benzene rings is 2. The first-order chi connectivity index (χ1) is 11.7. The Bertz CT molecular complexity index is 629. The van der Waals surface area contributed by atoms with Crippen molar-refractivity contribution in [3.63, 3.8) is 0 Å². The van der Waals surface area contributed by atoms with Crippen molar-refractivity contribution in [2.75, 3.05) is 26.7 Å². The minimum Gasteiger partial charge on any atom is -0.508 e. The van der Waals surface area contributed by atoms with Crippen molar-refractivity contribution in [1.82, 2.24) is 9.80 Å².